The number of ether oxygens (including phenoxy) is 1. The number of aliphatic hydroxyl groups is 2. The number of benzene rings is 2. The summed E-state index contributed by atoms with van der Waals surface area (Å²) in [6.07, 6.45) is 14.1. The van der Waals surface area contributed by atoms with Crippen LogP contribution in [-0.4, -0.2) is 127 Å². The predicted molar refractivity (Wildman–Crippen MR) is 321 cm³/mol. The topological polar surface area (TPSA) is 216 Å². The number of likely N-dealkylation sites (tertiary alicyclic amines) is 1. The van der Waals surface area contributed by atoms with Crippen molar-refractivity contribution < 1.29 is 90.9 Å². The molecule has 2 aromatic carbocycles. The van der Waals surface area contributed by atoms with Crippen LogP contribution in [0, 0.1) is 0 Å². The number of halogens is 5. The first-order valence-electron chi connectivity index (χ1n) is 29.1. The molecule has 3 aliphatic carbocycles. The van der Waals surface area contributed by atoms with E-state index in [0.717, 1.165) is 128 Å². The van der Waals surface area contributed by atoms with E-state index in [4.69, 9.17) is 14.9 Å². The smallest absolute Gasteiger partial charge is 0.793 e. The molecule has 5 heterocycles. The number of methoxy groups -OCH3 is 1. The standard InChI is InChI=1S/C27H35F2N5O.C23H30N4O2.C5H8F2.C4H6O4.C2H3BO2.ClH.Na/c1-3-18(2)31-26-30-15-25-23(14-24(34(25)32-26)20-7-9-22(35)10-8-20)21-6-4-5-19(13-21)16-33-12-11-27(28,29)17-33;1-4-15(2)25-23-24-14-22-20(17-6-5-7-19(12-17)29-3)13-21(27(22)26-23)16-8-10-18(28)11-9-16;6-5(7)3-1-2-4-5;1-3(5)7-8-4(2)6;1-2(4)5-3;;/h4-6,13-15,18,20,22,35H,3,7-12,16-17H2,1-2H3,(H,31,32);5-7,12-16,18,28H,4,8-11H2,1-3H3,(H,25,26);1-4H2;1-2H3;1H3;1H;/q;;;;-1;;+1/t18-,20?,22?;15-,16?,18?;;;;;/m00...../s1. The fourth-order valence-corrected chi connectivity index (χ4v) is 10.4. The van der Waals surface area contributed by atoms with E-state index in [1.165, 1.54) is 12.6 Å². The number of alkyl halides is 4. The molecule has 86 heavy (non-hydrogen) atoms. The Morgan fingerprint density at radius 2 is 1.12 bits per heavy atom. The zero-order chi connectivity index (χ0) is 61.1. The second-order valence-corrected chi connectivity index (χ2v) is 22.2. The van der Waals surface area contributed by atoms with Gasteiger partial charge in [-0.3, -0.25) is 9.69 Å². The van der Waals surface area contributed by atoms with E-state index >= 15 is 0 Å². The number of carbonyl (C=O) groups excluding carboxylic acids is 3. The first-order valence-corrected chi connectivity index (χ1v) is 29.1. The van der Waals surface area contributed by atoms with Gasteiger partial charge in [-0.05, 0) is 138 Å². The molecular formula is C61H83BClF4N9NaO9. The van der Waals surface area contributed by atoms with Crippen LogP contribution in [0.4, 0.5) is 29.5 Å². The van der Waals surface area contributed by atoms with Gasteiger partial charge < -0.3 is 38.3 Å². The summed E-state index contributed by atoms with van der Waals surface area (Å²) in [6.45, 7) is 12.8. The van der Waals surface area contributed by atoms with Crippen LogP contribution < -0.4 is 44.9 Å². The molecule has 0 unspecified atom stereocenters. The number of rotatable bonds is 13. The summed E-state index contributed by atoms with van der Waals surface area (Å²) in [4.78, 5) is 47.8. The van der Waals surface area contributed by atoms with E-state index in [1.54, 1.807) is 7.11 Å². The summed E-state index contributed by atoms with van der Waals surface area (Å²) in [6, 6.07) is 21.3. The Bertz CT molecular complexity index is 3070. The minimum absolute atomic E-state index is 0. The molecule has 0 bridgehead atoms. The molecule has 0 spiro atoms. The Labute approximate surface area is 531 Å². The maximum Gasteiger partial charge on any atom is 1.00 e. The van der Waals surface area contributed by atoms with Gasteiger partial charge in [-0.1, -0.05) is 44.2 Å². The zero-order valence-corrected chi connectivity index (χ0v) is 53.8. The van der Waals surface area contributed by atoms with Crippen LogP contribution in [0.3, 0.4) is 0 Å². The molecular weight excluding hydrogens is 1150 g/mol. The SMILES string of the molecule is CC(=O)OOC(C)=O.CC[C@H](C)Nc1ncc2c(-c3cccc(CN4CCC(F)(F)C4)c3)cc(C3CCC(O)CC3)n2n1.CC[C@H](C)Nc1ncc2c(-c3cccc(OC)c3)cc(C3CCC(O)CC3)n2n1.Cl.FC1(F)CCCC1.[B-]OC(C)=O.[Na+]. The van der Waals surface area contributed by atoms with E-state index in [1.807, 2.05) is 46.1 Å². The average Bonchev–Trinajstić information content (AvgIpc) is 1.77. The normalized spacial score (nSPS) is 19.9. The number of carbonyl (C=O) groups is 3. The molecule has 1 saturated heterocycles. The first-order chi connectivity index (χ1) is 40.0. The molecule has 4 aliphatic rings. The van der Waals surface area contributed by atoms with Crippen molar-refractivity contribution in [1.82, 2.24) is 34.1 Å². The number of hydrogen-bond donors (Lipinski definition) is 4. The summed E-state index contributed by atoms with van der Waals surface area (Å²) in [5.41, 5.74) is 9.59. The van der Waals surface area contributed by atoms with Crippen molar-refractivity contribution in [3.05, 3.63) is 90.0 Å². The zero-order valence-electron chi connectivity index (χ0n) is 51.0. The number of aromatic nitrogens is 6. The van der Waals surface area contributed by atoms with Gasteiger partial charge in [0, 0.05) is 99.6 Å². The van der Waals surface area contributed by atoms with Crippen LogP contribution in [0.2, 0.25) is 0 Å². The van der Waals surface area contributed by atoms with Crippen LogP contribution >= 0.6 is 12.4 Å². The Kier molecular flexibility index (Phi) is 29.5. The summed E-state index contributed by atoms with van der Waals surface area (Å²) < 4.78 is 64.3. The number of fused-ring (bicyclic) bond motifs is 2. The van der Waals surface area contributed by atoms with Crippen molar-refractivity contribution in [3.63, 3.8) is 0 Å². The second kappa shape index (κ2) is 34.8. The monoisotopic (exact) mass is 1230 g/mol. The summed E-state index contributed by atoms with van der Waals surface area (Å²) in [5, 5.41) is 36.4. The van der Waals surface area contributed by atoms with Crippen LogP contribution in [0.5, 0.6) is 5.75 Å². The number of nitrogens with zero attached hydrogens (tertiary/aromatic N) is 7. The van der Waals surface area contributed by atoms with E-state index in [0.29, 0.717) is 55.7 Å². The molecule has 18 nitrogen and oxygen atoms in total. The summed E-state index contributed by atoms with van der Waals surface area (Å²) in [7, 11) is 6.01. The fourth-order valence-electron chi connectivity index (χ4n) is 10.4. The number of nitrogens with one attached hydrogen (secondary N) is 2. The molecule has 4 fully saturated rings. The molecule has 3 saturated carbocycles. The minimum atomic E-state index is -2.59. The Hall–Kier alpha value is -5.56. The van der Waals surface area contributed by atoms with Crippen LogP contribution in [0.25, 0.3) is 33.3 Å². The van der Waals surface area contributed by atoms with Gasteiger partial charge in [-0.2, -0.15) is 0 Å². The largest absolute Gasteiger partial charge is 1.00 e. The first kappa shape index (κ1) is 72.9. The third kappa shape index (κ3) is 22.2. The maximum absolute atomic E-state index is 13.7. The molecule has 1 aliphatic heterocycles. The third-order valence-corrected chi connectivity index (χ3v) is 15.3. The van der Waals surface area contributed by atoms with Gasteiger partial charge in [0.1, 0.15) is 5.75 Å². The van der Waals surface area contributed by atoms with Gasteiger partial charge in [0.2, 0.25) is 23.8 Å². The van der Waals surface area contributed by atoms with Gasteiger partial charge in [0.05, 0.1) is 49.3 Å². The molecule has 0 amide bonds. The van der Waals surface area contributed by atoms with E-state index in [9.17, 15) is 42.2 Å². The van der Waals surface area contributed by atoms with Gasteiger partial charge in [0.25, 0.3) is 5.92 Å². The number of hydrogen-bond acceptors (Lipinski definition) is 16. The molecule has 4 aromatic heterocycles. The van der Waals surface area contributed by atoms with E-state index in [-0.39, 0.29) is 86.0 Å². The molecule has 10 rings (SSSR count). The molecule has 4 N–H and O–H groups in total. The van der Waals surface area contributed by atoms with Crippen LogP contribution in [-0.2, 0) is 35.4 Å². The maximum atomic E-state index is 13.7. The summed E-state index contributed by atoms with van der Waals surface area (Å²) in [5.74, 6) is -3.84. The Morgan fingerprint density at radius 3 is 1.49 bits per heavy atom. The molecule has 465 valence electrons. The number of aliphatic hydroxyl groups excluding tert-OH is 2. The van der Waals surface area contributed by atoms with E-state index < -0.39 is 29.8 Å². The average molecular weight is 1230 g/mol. The Morgan fingerprint density at radius 1 is 0.674 bits per heavy atom. The van der Waals surface area contributed by atoms with Crippen molar-refractivity contribution in [2.45, 2.75) is 199 Å². The van der Waals surface area contributed by atoms with Crippen molar-refractivity contribution in [2.75, 3.05) is 30.8 Å². The summed E-state index contributed by atoms with van der Waals surface area (Å²) >= 11 is 0. The number of anilines is 2. The van der Waals surface area contributed by atoms with Gasteiger partial charge >= 0.3 is 41.5 Å². The Balaban J connectivity index is 0.000000277. The van der Waals surface area contributed by atoms with Gasteiger partial charge in [-0.25, -0.2) is 55.9 Å². The van der Waals surface area contributed by atoms with Crippen molar-refractivity contribution in [2.24, 2.45) is 0 Å². The predicted octanol–water partition coefficient (Wildman–Crippen LogP) is 9.38. The fraction of sp³-hybridized carbons (Fsp3) is 0.557. The van der Waals surface area contributed by atoms with Crippen molar-refractivity contribution >= 4 is 61.3 Å². The van der Waals surface area contributed by atoms with Crippen molar-refractivity contribution in [1.29, 1.82) is 0 Å². The third-order valence-electron chi connectivity index (χ3n) is 15.3. The quantitative estimate of drug-likeness (QED) is 0.0367. The van der Waals surface area contributed by atoms with Gasteiger partial charge in [-0.15, -0.1) is 22.6 Å². The molecule has 6 aromatic rings. The molecule has 2 atom stereocenters. The molecule has 3 radical (unpaired) electrons. The van der Waals surface area contributed by atoms with Crippen LogP contribution in [0.15, 0.2) is 73.1 Å². The van der Waals surface area contributed by atoms with Crippen molar-refractivity contribution in [3.8, 4) is 28.0 Å². The second-order valence-electron chi connectivity index (χ2n) is 22.2. The van der Waals surface area contributed by atoms with E-state index in [2.05, 4.69) is 112 Å². The van der Waals surface area contributed by atoms with Crippen LogP contribution in [0.1, 0.15) is 174 Å². The van der Waals surface area contributed by atoms with Gasteiger partial charge in [0.15, 0.2) is 0 Å². The minimum Gasteiger partial charge on any atom is -0.793 e. The molecule has 25 heteroatoms.